The van der Waals surface area contributed by atoms with Crippen LogP contribution < -0.4 is 5.73 Å². The molecule has 0 spiro atoms. The van der Waals surface area contributed by atoms with E-state index in [4.69, 9.17) is 40.5 Å². The van der Waals surface area contributed by atoms with Crippen LogP contribution in [0.25, 0.3) is 0 Å². The molecule has 0 fully saturated rings. The van der Waals surface area contributed by atoms with Crippen LogP contribution in [0.2, 0.25) is 15.2 Å². The Morgan fingerprint density at radius 3 is 2.00 bits per heavy atom. The van der Waals surface area contributed by atoms with Crippen molar-refractivity contribution in [2.24, 2.45) is 5.73 Å². The van der Waals surface area contributed by atoms with Crippen molar-refractivity contribution in [3.63, 3.8) is 0 Å². The lowest BCUT2D eigenvalue weighted by Gasteiger charge is -2.27. The Morgan fingerprint density at radius 1 is 1.11 bits per heavy atom. The van der Waals surface area contributed by atoms with E-state index in [1.165, 1.54) is 0 Å². The van der Waals surface area contributed by atoms with E-state index >= 15 is 0 Å². The minimum absolute atomic E-state index is 0. The van der Waals surface area contributed by atoms with Crippen LogP contribution in [0.3, 0.4) is 0 Å². The van der Waals surface area contributed by atoms with E-state index in [1.807, 2.05) is 0 Å². The largest absolute Gasteiger partial charge is 0.455 e. The minimum Gasteiger partial charge on any atom is -0.319 e. The fraction of sp³-hybridized carbons (Fsp3) is 0.375. The standard InChI is InChI=1S/C8H4Cl3F5N2.ClH/c9-2-1-18-6(11)4(10)3(2)5(17)7(12,13)8(14,15)16;/h1,5H,17H2;1H/t5-;/m1./s1. The molecule has 0 bridgehead atoms. The number of hydrogen-bond donors (Lipinski definition) is 1. The summed E-state index contributed by atoms with van der Waals surface area (Å²) in [6.45, 7) is 0. The molecule has 110 valence electrons. The van der Waals surface area contributed by atoms with Crippen molar-refractivity contribution < 1.29 is 22.0 Å². The average Bonchev–Trinajstić information content (AvgIpc) is 2.22. The van der Waals surface area contributed by atoms with Gasteiger partial charge in [-0.25, -0.2) is 4.98 Å². The van der Waals surface area contributed by atoms with Crippen LogP contribution in [0.5, 0.6) is 0 Å². The first kappa shape index (κ1) is 18.9. The van der Waals surface area contributed by atoms with Gasteiger partial charge in [-0.05, 0) is 0 Å². The monoisotopic (exact) mass is 364 g/mol. The maximum atomic E-state index is 13.1. The average molecular weight is 366 g/mol. The van der Waals surface area contributed by atoms with Gasteiger partial charge in [-0.3, -0.25) is 0 Å². The van der Waals surface area contributed by atoms with Crippen molar-refractivity contribution in [1.82, 2.24) is 4.98 Å². The number of hydrogen-bond acceptors (Lipinski definition) is 2. The fourth-order valence-corrected chi connectivity index (χ4v) is 1.83. The molecule has 0 aliphatic rings. The van der Waals surface area contributed by atoms with Gasteiger partial charge >= 0.3 is 12.1 Å². The van der Waals surface area contributed by atoms with E-state index in [2.05, 4.69) is 4.98 Å². The van der Waals surface area contributed by atoms with Crippen molar-refractivity contribution in [2.75, 3.05) is 0 Å². The van der Waals surface area contributed by atoms with Crippen LogP contribution in [0.1, 0.15) is 11.6 Å². The number of halogens is 9. The number of aromatic nitrogens is 1. The Morgan fingerprint density at radius 2 is 1.58 bits per heavy atom. The number of nitrogens with two attached hydrogens (primary N) is 1. The fourth-order valence-electron chi connectivity index (χ4n) is 1.10. The summed E-state index contributed by atoms with van der Waals surface area (Å²) in [7, 11) is 0. The molecule has 0 unspecified atom stereocenters. The van der Waals surface area contributed by atoms with Crippen LogP contribution in [-0.4, -0.2) is 17.1 Å². The van der Waals surface area contributed by atoms with Crippen LogP contribution >= 0.6 is 47.2 Å². The van der Waals surface area contributed by atoms with Crippen LogP contribution in [0.4, 0.5) is 22.0 Å². The van der Waals surface area contributed by atoms with Gasteiger partial charge < -0.3 is 5.73 Å². The Labute approximate surface area is 125 Å². The van der Waals surface area contributed by atoms with Crippen molar-refractivity contribution in [1.29, 1.82) is 0 Å². The topological polar surface area (TPSA) is 38.9 Å². The van der Waals surface area contributed by atoms with Gasteiger partial charge in [0.1, 0.15) is 11.2 Å². The summed E-state index contributed by atoms with van der Waals surface area (Å²) in [5.41, 5.74) is 4.10. The van der Waals surface area contributed by atoms with E-state index < -0.39 is 38.9 Å². The van der Waals surface area contributed by atoms with E-state index in [0.29, 0.717) is 0 Å². The van der Waals surface area contributed by atoms with Gasteiger partial charge in [0, 0.05) is 11.8 Å². The van der Waals surface area contributed by atoms with Crippen LogP contribution in [0, 0.1) is 0 Å². The second-order valence-electron chi connectivity index (χ2n) is 3.22. The third-order valence-corrected chi connectivity index (χ3v) is 3.11. The molecule has 1 heterocycles. The zero-order valence-corrected chi connectivity index (χ0v) is 11.7. The molecule has 2 N–H and O–H groups in total. The summed E-state index contributed by atoms with van der Waals surface area (Å²) in [5.74, 6) is -5.20. The van der Waals surface area contributed by atoms with Crippen molar-refractivity contribution in [3.05, 3.63) is 27.0 Å². The summed E-state index contributed by atoms with van der Waals surface area (Å²) >= 11 is 16.4. The van der Waals surface area contributed by atoms with Gasteiger partial charge in [-0.2, -0.15) is 22.0 Å². The first-order valence-electron chi connectivity index (χ1n) is 4.19. The zero-order chi connectivity index (χ0) is 14.3. The Hall–Kier alpha value is -0.0800. The third kappa shape index (κ3) is 3.52. The molecular formula is C8H5Cl4F5N2. The SMILES string of the molecule is Cl.N[C@H](c1c(Cl)cnc(Cl)c1Cl)C(F)(F)C(F)(F)F. The highest BCUT2D eigenvalue weighted by molar-refractivity contribution is 6.43. The van der Waals surface area contributed by atoms with Gasteiger partial charge in [0.25, 0.3) is 0 Å². The van der Waals surface area contributed by atoms with Crippen molar-refractivity contribution >= 4 is 47.2 Å². The van der Waals surface area contributed by atoms with Crippen LogP contribution in [-0.2, 0) is 0 Å². The smallest absolute Gasteiger partial charge is 0.319 e. The predicted molar refractivity (Wildman–Crippen MR) is 64.4 cm³/mol. The molecule has 0 saturated heterocycles. The molecular weight excluding hydrogens is 361 g/mol. The lowest BCUT2D eigenvalue weighted by molar-refractivity contribution is -0.290. The Balaban J connectivity index is 0.00000324. The van der Waals surface area contributed by atoms with Crippen LogP contribution in [0.15, 0.2) is 6.20 Å². The quantitative estimate of drug-likeness (QED) is 0.611. The summed E-state index contributed by atoms with van der Waals surface area (Å²) < 4.78 is 62.6. The highest BCUT2D eigenvalue weighted by atomic mass is 35.5. The molecule has 1 atom stereocenters. The summed E-state index contributed by atoms with van der Waals surface area (Å²) in [5, 5.41) is -1.63. The second kappa shape index (κ2) is 6.13. The molecule has 2 nitrogen and oxygen atoms in total. The summed E-state index contributed by atoms with van der Waals surface area (Å²) in [4.78, 5) is 3.39. The molecule has 1 rings (SSSR count). The molecule has 0 aromatic carbocycles. The molecule has 0 saturated carbocycles. The van der Waals surface area contributed by atoms with Gasteiger partial charge in [0.05, 0.1) is 10.0 Å². The maximum absolute atomic E-state index is 13.1. The number of alkyl halides is 5. The lowest BCUT2D eigenvalue weighted by Crippen LogP contribution is -2.46. The highest BCUT2D eigenvalue weighted by Crippen LogP contribution is 2.47. The number of rotatable bonds is 2. The lowest BCUT2D eigenvalue weighted by atomic mass is 10.0. The first-order valence-corrected chi connectivity index (χ1v) is 5.33. The number of nitrogens with zero attached hydrogens (tertiary/aromatic N) is 1. The molecule has 0 radical (unpaired) electrons. The molecule has 11 heteroatoms. The van der Waals surface area contributed by atoms with Gasteiger partial charge in [0.15, 0.2) is 0 Å². The molecule has 0 aliphatic heterocycles. The predicted octanol–water partition coefficient (Wildman–Crippen LogP) is 4.66. The molecule has 1 aromatic rings. The third-order valence-electron chi connectivity index (χ3n) is 2.05. The molecule has 19 heavy (non-hydrogen) atoms. The summed E-state index contributed by atoms with van der Waals surface area (Å²) in [6.07, 6.45) is -5.05. The number of pyridine rings is 1. The van der Waals surface area contributed by atoms with E-state index in [9.17, 15) is 22.0 Å². The first-order chi connectivity index (χ1) is 8.00. The minimum atomic E-state index is -5.84. The molecule has 1 aromatic heterocycles. The van der Waals surface area contributed by atoms with Gasteiger partial charge in [-0.1, -0.05) is 34.8 Å². The van der Waals surface area contributed by atoms with Gasteiger partial charge in [-0.15, -0.1) is 12.4 Å². The Kier molecular flexibility index (Phi) is 6.11. The summed E-state index contributed by atoms with van der Waals surface area (Å²) in [6, 6.07) is -2.78. The maximum Gasteiger partial charge on any atom is 0.455 e. The Bertz CT molecular complexity index is 465. The van der Waals surface area contributed by atoms with E-state index in [-0.39, 0.29) is 12.4 Å². The molecule has 0 amide bonds. The zero-order valence-electron chi connectivity index (χ0n) is 8.61. The van der Waals surface area contributed by atoms with E-state index in [1.54, 1.807) is 0 Å². The van der Waals surface area contributed by atoms with E-state index in [0.717, 1.165) is 6.20 Å². The molecule has 0 aliphatic carbocycles. The van der Waals surface area contributed by atoms with Gasteiger partial charge in [0.2, 0.25) is 0 Å². The second-order valence-corrected chi connectivity index (χ2v) is 4.37. The normalized spacial score (nSPS) is 13.9. The highest BCUT2D eigenvalue weighted by Gasteiger charge is 2.62. The van der Waals surface area contributed by atoms with Crippen molar-refractivity contribution in [3.8, 4) is 0 Å². The van der Waals surface area contributed by atoms with Crippen molar-refractivity contribution in [2.45, 2.75) is 18.1 Å².